The van der Waals surface area contributed by atoms with Gasteiger partial charge < -0.3 is 4.90 Å². The number of nitriles is 2. The molecule has 0 aliphatic heterocycles. The van der Waals surface area contributed by atoms with E-state index in [1.54, 1.807) is 29.2 Å². The van der Waals surface area contributed by atoms with E-state index in [2.05, 4.69) is 12.1 Å². The van der Waals surface area contributed by atoms with Crippen LogP contribution in [0.25, 0.3) is 0 Å². The molecule has 4 nitrogen and oxygen atoms in total. The monoisotopic (exact) mass is 331 g/mol. The van der Waals surface area contributed by atoms with E-state index in [0.29, 0.717) is 25.1 Å². The summed E-state index contributed by atoms with van der Waals surface area (Å²) in [4.78, 5) is 14.5. The number of carbonyl (C=O) groups excluding carboxylic acids is 1. The van der Waals surface area contributed by atoms with Crippen LogP contribution in [0.15, 0.2) is 48.5 Å². The van der Waals surface area contributed by atoms with Crippen molar-refractivity contribution in [1.29, 1.82) is 10.5 Å². The summed E-state index contributed by atoms with van der Waals surface area (Å²) in [6, 6.07) is 19.2. The largest absolute Gasteiger partial charge is 0.337 e. The summed E-state index contributed by atoms with van der Waals surface area (Å²) in [5, 5.41) is 18.3. The first-order valence-corrected chi connectivity index (χ1v) is 8.31. The molecular weight excluding hydrogens is 310 g/mol. The van der Waals surface area contributed by atoms with Crippen LogP contribution >= 0.6 is 0 Å². The van der Waals surface area contributed by atoms with Crippen LogP contribution < -0.4 is 0 Å². The molecular formula is C21H21N3O. The fourth-order valence-electron chi connectivity index (χ4n) is 2.70. The highest BCUT2D eigenvalue weighted by molar-refractivity contribution is 5.81. The Morgan fingerprint density at radius 2 is 1.80 bits per heavy atom. The summed E-state index contributed by atoms with van der Waals surface area (Å²) in [5.74, 6) is -0.880. The van der Waals surface area contributed by atoms with Gasteiger partial charge in [-0.3, -0.25) is 4.79 Å². The molecule has 1 amide bonds. The number of aryl methyl sites for hydroxylation is 1. The molecule has 2 aromatic carbocycles. The van der Waals surface area contributed by atoms with Crippen LogP contribution in [0.4, 0.5) is 0 Å². The first kappa shape index (κ1) is 18.2. The number of carbonyl (C=O) groups is 1. The molecule has 4 heteroatoms. The molecule has 126 valence electrons. The third-order valence-electron chi connectivity index (χ3n) is 4.29. The highest BCUT2D eigenvalue weighted by atomic mass is 16.2. The lowest BCUT2D eigenvalue weighted by Crippen LogP contribution is -2.36. The standard InChI is InChI=1S/C21H21N3O/c1-3-24(15-19-7-5-4-6-16(19)2)21(25)20(14-23)12-17-8-10-18(13-22)11-9-17/h4-11,20H,3,12,15H2,1-2H3/t20-/m0/s1. The van der Waals surface area contributed by atoms with Crippen molar-refractivity contribution in [3.63, 3.8) is 0 Å². The molecule has 0 aliphatic rings. The Labute approximate surface area is 148 Å². The van der Waals surface area contributed by atoms with Crippen LogP contribution in [0.5, 0.6) is 0 Å². The average Bonchev–Trinajstić information content (AvgIpc) is 2.65. The number of nitrogens with zero attached hydrogens (tertiary/aromatic N) is 3. The Bertz CT molecular complexity index is 812. The van der Waals surface area contributed by atoms with Crippen molar-refractivity contribution in [1.82, 2.24) is 4.90 Å². The lowest BCUT2D eigenvalue weighted by molar-refractivity contribution is -0.134. The van der Waals surface area contributed by atoms with Gasteiger partial charge in [-0.05, 0) is 49.1 Å². The zero-order valence-corrected chi connectivity index (χ0v) is 14.6. The molecule has 0 bridgehead atoms. The highest BCUT2D eigenvalue weighted by Crippen LogP contribution is 2.16. The number of amides is 1. The van der Waals surface area contributed by atoms with E-state index in [4.69, 9.17) is 5.26 Å². The smallest absolute Gasteiger partial charge is 0.240 e. The molecule has 2 rings (SSSR count). The van der Waals surface area contributed by atoms with Gasteiger partial charge in [0.05, 0.1) is 17.7 Å². The molecule has 0 aromatic heterocycles. The molecule has 0 spiro atoms. The second-order valence-electron chi connectivity index (χ2n) is 5.97. The minimum Gasteiger partial charge on any atom is -0.337 e. The van der Waals surface area contributed by atoms with Crippen LogP contribution in [0, 0.1) is 35.5 Å². The zero-order valence-electron chi connectivity index (χ0n) is 14.6. The fourth-order valence-corrected chi connectivity index (χ4v) is 2.70. The SMILES string of the molecule is CCN(Cc1ccccc1C)C(=O)[C@H](C#N)Cc1ccc(C#N)cc1. The van der Waals surface area contributed by atoms with Crippen LogP contribution in [0.1, 0.15) is 29.2 Å². The van der Waals surface area contributed by atoms with Gasteiger partial charge in [0.25, 0.3) is 0 Å². The van der Waals surface area contributed by atoms with Gasteiger partial charge in [0.1, 0.15) is 5.92 Å². The van der Waals surface area contributed by atoms with Crippen LogP contribution in [0.3, 0.4) is 0 Å². The van der Waals surface area contributed by atoms with Crippen molar-refractivity contribution in [2.24, 2.45) is 5.92 Å². The van der Waals surface area contributed by atoms with E-state index in [9.17, 15) is 10.1 Å². The fraction of sp³-hybridized carbons (Fsp3) is 0.286. The minimum absolute atomic E-state index is 0.155. The van der Waals surface area contributed by atoms with Crippen molar-refractivity contribution in [3.05, 3.63) is 70.8 Å². The second-order valence-corrected chi connectivity index (χ2v) is 5.97. The maximum absolute atomic E-state index is 12.8. The Kier molecular flexibility index (Phi) is 6.32. The van der Waals surface area contributed by atoms with Crippen LogP contribution in [-0.4, -0.2) is 17.4 Å². The normalized spacial score (nSPS) is 11.2. The number of hydrogen-bond acceptors (Lipinski definition) is 3. The van der Waals surface area contributed by atoms with E-state index < -0.39 is 5.92 Å². The highest BCUT2D eigenvalue weighted by Gasteiger charge is 2.24. The summed E-state index contributed by atoms with van der Waals surface area (Å²) < 4.78 is 0. The van der Waals surface area contributed by atoms with Gasteiger partial charge >= 0.3 is 0 Å². The molecule has 0 fully saturated rings. The molecule has 0 radical (unpaired) electrons. The molecule has 0 heterocycles. The Morgan fingerprint density at radius 1 is 1.12 bits per heavy atom. The van der Waals surface area contributed by atoms with E-state index in [1.807, 2.05) is 38.1 Å². The molecule has 0 N–H and O–H groups in total. The molecule has 0 aliphatic carbocycles. The second kappa shape index (κ2) is 8.66. The van der Waals surface area contributed by atoms with Gasteiger partial charge in [-0.2, -0.15) is 10.5 Å². The van der Waals surface area contributed by atoms with Crippen molar-refractivity contribution in [3.8, 4) is 12.1 Å². The topological polar surface area (TPSA) is 67.9 Å². The molecule has 0 saturated heterocycles. The van der Waals surface area contributed by atoms with Gasteiger partial charge in [0, 0.05) is 13.1 Å². The van der Waals surface area contributed by atoms with E-state index in [0.717, 1.165) is 16.7 Å². The molecule has 0 unspecified atom stereocenters. The number of hydrogen-bond donors (Lipinski definition) is 0. The number of benzene rings is 2. The van der Waals surface area contributed by atoms with E-state index in [-0.39, 0.29) is 5.91 Å². The van der Waals surface area contributed by atoms with Gasteiger partial charge in [-0.25, -0.2) is 0 Å². The zero-order chi connectivity index (χ0) is 18.2. The summed E-state index contributed by atoms with van der Waals surface area (Å²) >= 11 is 0. The molecule has 0 saturated carbocycles. The van der Waals surface area contributed by atoms with Crippen LogP contribution in [0.2, 0.25) is 0 Å². The summed E-state index contributed by atoms with van der Waals surface area (Å²) in [6.45, 7) is 5.00. The summed E-state index contributed by atoms with van der Waals surface area (Å²) in [7, 11) is 0. The van der Waals surface area contributed by atoms with Gasteiger partial charge in [0.15, 0.2) is 0 Å². The maximum Gasteiger partial charge on any atom is 0.240 e. The van der Waals surface area contributed by atoms with Crippen LogP contribution in [-0.2, 0) is 17.8 Å². The van der Waals surface area contributed by atoms with Crippen molar-refractivity contribution < 1.29 is 4.79 Å². The molecule has 1 atom stereocenters. The minimum atomic E-state index is -0.725. The number of rotatable bonds is 6. The van der Waals surface area contributed by atoms with Gasteiger partial charge in [-0.15, -0.1) is 0 Å². The third-order valence-corrected chi connectivity index (χ3v) is 4.29. The van der Waals surface area contributed by atoms with E-state index >= 15 is 0 Å². The van der Waals surface area contributed by atoms with E-state index in [1.165, 1.54) is 0 Å². The first-order valence-electron chi connectivity index (χ1n) is 8.31. The Hall–Kier alpha value is -3.11. The molecule has 2 aromatic rings. The lowest BCUT2D eigenvalue weighted by Gasteiger charge is -2.24. The summed E-state index contributed by atoms with van der Waals surface area (Å²) in [5.41, 5.74) is 3.67. The average molecular weight is 331 g/mol. The molecule has 25 heavy (non-hydrogen) atoms. The Morgan fingerprint density at radius 3 is 2.36 bits per heavy atom. The van der Waals surface area contributed by atoms with Crippen molar-refractivity contribution in [2.75, 3.05) is 6.54 Å². The predicted octanol–water partition coefficient (Wildman–Crippen LogP) is 3.60. The van der Waals surface area contributed by atoms with Gasteiger partial charge in [-0.1, -0.05) is 36.4 Å². The maximum atomic E-state index is 12.8. The first-order chi connectivity index (χ1) is 12.1. The summed E-state index contributed by atoms with van der Waals surface area (Å²) in [6.07, 6.45) is 0.352. The van der Waals surface area contributed by atoms with Gasteiger partial charge in [0.2, 0.25) is 5.91 Å². The predicted molar refractivity (Wildman–Crippen MR) is 96.2 cm³/mol. The Balaban J connectivity index is 2.12. The quantitative estimate of drug-likeness (QED) is 0.812. The van der Waals surface area contributed by atoms with Crippen molar-refractivity contribution in [2.45, 2.75) is 26.8 Å². The van der Waals surface area contributed by atoms with Crippen molar-refractivity contribution >= 4 is 5.91 Å². The lowest BCUT2D eigenvalue weighted by atomic mass is 9.98. The third kappa shape index (κ3) is 4.68.